The van der Waals surface area contributed by atoms with Crippen LogP contribution in [0.25, 0.3) is 5.76 Å². The van der Waals surface area contributed by atoms with Crippen molar-refractivity contribution < 1.29 is 19.4 Å². The summed E-state index contributed by atoms with van der Waals surface area (Å²) in [5, 5.41) is 12.3. The third-order valence-corrected chi connectivity index (χ3v) is 7.43. The molecule has 1 amide bonds. The van der Waals surface area contributed by atoms with Crippen molar-refractivity contribution in [2.75, 3.05) is 32.1 Å². The van der Waals surface area contributed by atoms with E-state index in [2.05, 4.69) is 20.8 Å². The Hall–Kier alpha value is -3.77. The lowest BCUT2D eigenvalue weighted by atomic mass is 9.84. The van der Waals surface area contributed by atoms with E-state index < -0.39 is 17.7 Å². The summed E-state index contributed by atoms with van der Waals surface area (Å²) in [6, 6.07) is 19.8. The number of halogens is 1. The van der Waals surface area contributed by atoms with Gasteiger partial charge in [-0.05, 0) is 72.4 Å². The minimum Gasteiger partial charge on any atom is -0.507 e. The highest BCUT2D eigenvalue weighted by atomic mass is 35.5. The summed E-state index contributed by atoms with van der Waals surface area (Å²) in [7, 11) is 3.90. The van der Waals surface area contributed by atoms with E-state index in [4.69, 9.17) is 16.3 Å². The predicted octanol–water partition coefficient (Wildman–Crippen LogP) is 6.77. The van der Waals surface area contributed by atoms with Crippen LogP contribution in [-0.2, 0) is 21.4 Å². The zero-order valence-corrected chi connectivity index (χ0v) is 24.7. The van der Waals surface area contributed by atoms with Crippen LogP contribution in [0.15, 0.2) is 72.3 Å². The molecule has 0 spiro atoms. The number of ether oxygens (including phenoxy) is 1. The molecule has 0 saturated carbocycles. The van der Waals surface area contributed by atoms with Crippen molar-refractivity contribution >= 4 is 34.7 Å². The van der Waals surface area contributed by atoms with Crippen LogP contribution in [-0.4, -0.2) is 48.9 Å². The van der Waals surface area contributed by atoms with E-state index >= 15 is 0 Å². The van der Waals surface area contributed by atoms with E-state index in [0.29, 0.717) is 30.2 Å². The van der Waals surface area contributed by atoms with Gasteiger partial charge in [-0.1, -0.05) is 56.6 Å². The van der Waals surface area contributed by atoms with Gasteiger partial charge in [0.15, 0.2) is 0 Å². The van der Waals surface area contributed by atoms with Gasteiger partial charge in [0, 0.05) is 42.5 Å². The molecule has 1 heterocycles. The van der Waals surface area contributed by atoms with Crippen LogP contribution in [0, 0.1) is 0 Å². The molecule has 0 aromatic heterocycles. The number of amides is 1. The third kappa shape index (κ3) is 6.02. The van der Waals surface area contributed by atoms with Gasteiger partial charge in [0.25, 0.3) is 11.7 Å². The van der Waals surface area contributed by atoms with Crippen molar-refractivity contribution in [2.45, 2.75) is 45.6 Å². The first-order valence-electron chi connectivity index (χ1n) is 13.5. The number of Topliss-reactive ketones (excluding diaryl/α,β-unsaturated/α-hetero) is 1. The predicted molar refractivity (Wildman–Crippen MR) is 161 cm³/mol. The molecule has 0 bridgehead atoms. The van der Waals surface area contributed by atoms with Crippen molar-refractivity contribution in [1.82, 2.24) is 4.90 Å². The van der Waals surface area contributed by atoms with E-state index in [0.717, 1.165) is 28.1 Å². The van der Waals surface area contributed by atoms with Crippen molar-refractivity contribution in [1.29, 1.82) is 0 Å². The zero-order chi connectivity index (χ0) is 29.2. The number of likely N-dealkylation sites (tertiary alicyclic amines) is 1. The lowest BCUT2D eigenvalue weighted by Gasteiger charge is -2.26. The average Bonchev–Trinajstić information content (AvgIpc) is 3.17. The fraction of sp³-hybridized carbons (Fsp3) is 0.333. The molecule has 1 unspecified atom stereocenters. The number of benzene rings is 3. The number of rotatable bonds is 8. The Labute approximate surface area is 241 Å². The number of aliphatic hydroxyl groups is 1. The molecule has 3 aromatic carbocycles. The molecular formula is C33H37ClN2O4. The molecule has 7 heteroatoms. The molecule has 1 fully saturated rings. The first kappa shape index (κ1) is 29.2. The quantitative estimate of drug-likeness (QED) is 0.187. The molecule has 1 N–H and O–H groups in total. The fourth-order valence-electron chi connectivity index (χ4n) is 5.01. The fourth-order valence-corrected chi connectivity index (χ4v) is 5.14. The van der Waals surface area contributed by atoms with E-state index in [1.54, 1.807) is 23.1 Å². The van der Waals surface area contributed by atoms with Crippen molar-refractivity contribution in [2.24, 2.45) is 0 Å². The van der Waals surface area contributed by atoms with Gasteiger partial charge in [0.05, 0.1) is 18.2 Å². The molecule has 0 aliphatic carbocycles. The summed E-state index contributed by atoms with van der Waals surface area (Å²) < 4.78 is 5.84. The summed E-state index contributed by atoms with van der Waals surface area (Å²) in [5.74, 6) is -0.783. The largest absolute Gasteiger partial charge is 0.507 e. The number of aliphatic hydroxyl groups excluding tert-OH is 1. The second kappa shape index (κ2) is 11.8. The maximum atomic E-state index is 13.5. The lowest BCUT2D eigenvalue weighted by molar-refractivity contribution is -0.139. The van der Waals surface area contributed by atoms with Gasteiger partial charge in [0.1, 0.15) is 11.5 Å². The highest BCUT2D eigenvalue weighted by molar-refractivity contribution is 6.46. The summed E-state index contributed by atoms with van der Waals surface area (Å²) in [6.45, 7) is 8.94. The Morgan fingerprint density at radius 3 is 2.23 bits per heavy atom. The summed E-state index contributed by atoms with van der Waals surface area (Å²) in [6.07, 6.45) is 0.535. The Bertz CT molecular complexity index is 1420. The molecule has 1 aliphatic heterocycles. The van der Waals surface area contributed by atoms with Gasteiger partial charge in [-0.3, -0.25) is 9.59 Å². The maximum Gasteiger partial charge on any atom is 0.295 e. The summed E-state index contributed by atoms with van der Waals surface area (Å²) >= 11 is 6.04. The van der Waals surface area contributed by atoms with Crippen LogP contribution in [0.2, 0.25) is 5.02 Å². The first-order chi connectivity index (χ1) is 18.9. The Morgan fingerprint density at radius 2 is 1.65 bits per heavy atom. The Balaban J connectivity index is 1.82. The Morgan fingerprint density at radius 1 is 1.00 bits per heavy atom. The molecule has 3 aromatic rings. The number of hydrogen-bond acceptors (Lipinski definition) is 5. The molecule has 210 valence electrons. The smallest absolute Gasteiger partial charge is 0.295 e. The Kier molecular flexibility index (Phi) is 8.59. The van der Waals surface area contributed by atoms with Gasteiger partial charge < -0.3 is 19.6 Å². The molecule has 1 atom stereocenters. The molecule has 6 nitrogen and oxygen atoms in total. The van der Waals surface area contributed by atoms with Crippen molar-refractivity contribution in [3.05, 3.63) is 99.6 Å². The molecule has 4 rings (SSSR count). The molecule has 40 heavy (non-hydrogen) atoms. The van der Waals surface area contributed by atoms with Gasteiger partial charge in [-0.2, -0.15) is 0 Å². The van der Waals surface area contributed by atoms with Gasteiger partial charge >= 0.3 is 0 Å². The third-order valence-electron chi connectivity index (χ3n) is 7.18. The second-order valence-corrected chi connectivity index (χ2v) is 11.7. The van der Waals surface area contributed by atoms with Crippen molar-refractivity contribution in [3.63, 3.8) is 0 Å². The number of hydrogen-bond donors (Lipinski definition) is 1. The first-order valence-corrected chi connectivity index (χ1v) is 13.9. The SMILES string of the molecule is CCOc1ccc(/C(O)=C2/C(=O)C(=O)N(CCc3ccc(Cl)cc3)C2c2ccc(N(C)C)cc2)cc1C(C)(C)C. The standard InChI is InChI=1S/C33H37ClN2O4/c1-7-40-27-17-12-23(20-26(27)33(2,3)4)30(37)28-29(22-10-15-25(16-11-22)35(5)6)36(32(39)31(28)38)19-18-21-8-13-24(34)14-9-21/h8-17,20,29,37H,7,18-19H2,1-6H3/b30-28-. The minimum absolute atomic E-state index is 0.0859. The average molecular weight is 561 g/mol. The number of carbonyl (C=O) groups is 2. The van der Waals surface area contributed by atoms with Crippen LogP contribution in [0.4, 0.5) is 5.69 Å². The normalized spacial score (nSPS) is 16.9. The van der Waals surface area contributed by atoms with Crippen LogP contribution in [0.3, 0.4) is 0 Å². The van der Waals surface area contributed by atoms with Gasteiger partial charge in [0.2, 0.25) is 0 Å². The maximum absolute atomic E-state index is 13.5. The van der Waals surface area contributed by atoms with Gasteiger partial charge in [-0.15, -0.1) is 0 Å². The van der Waals surface area contributed by atoms with E-state index in [-0.39, 0.29) is 16.7 Å². The molecule has 1 saturated heterocycles. The second-order valence-electron chi connectivity index (χ2n) is 11.2. The summed E-state index contributed by atoms with van der Waals surface area (Å²) in [4.78, 5) is 30.5. The highest BCUT2D eigenvalue weighted by Gasteiger charge is 2.46. The van der Waals surface area contributed by atoms with Crippen LogP contribution in [0.5, 0.6) is 5.75 Å². The number of ketones is 1. The van der Waals surface area contributed by atoms with E-state index in [9.17, 15) is 14.7 Å². The topological polar surface area (TPSA) is 70.1 Å². The minimum atomic E-state index is -0.729. The molecule has 0 radical (unpaired) electrons. The van der Waals surface area contributed by atoms with E-state index in [1.165, 1.54) is 0 Å². The lowest BCUT2D eigenvalue weighted by Crippen LogP contribution is -2.31. The number of nitrogens with zero attached hydrogens (tertiary/aromatic N) is 2. The monoisotopic (exact) mass is 560 g/mol. The molecule has 1 aliphatic rings. The highest BCUT2D eigenvalue weighted by Crippen LogP contribution is 2.41. The zero-order valence-electron chi connectivity index (χ0n) is 24.0. The van der Waals surface area contributed by atoms with E-state index in [1.807, 2.05) is 74.4 Å². The number of anilines is 1. The van der Waals surface area contributed by atoms with Crippen molar-refractivity contribution in [3.8, 4) is 5.75 Å². The number of carbonyl (C=O) groups excluding carboxylic acids is 2. The molecular weight excluding hydrogens is 524 g/mol. The van der Waals surface area contributed by atoms with Crippen LogP contribution < -0.4 is 9.64 Å². The summed E-state index contributed by atoms with van der Waals surface area (Å²) in [5.41, 5.74) is 3.93. The van der Waals surface area contributed by atoms with Gasteiger partial charge in [-0.25, -0.2) is 0 Å². The van der Waals surface area contributed by atoms with Crippen LogP contribution in [0.1, 0.15) is 56.0 Å². The van der Waals surface area contributed by atoms with Crippen LogP contribution >= 0.6 is 11.6 Å².